The fourth-order valence-corrected chi connectivity index (χ4v) is 3.47. The standard InChI is InChI=1S/C17H20FN4PS/c1-5-6-21(17(23)12(2)11-24-4)16-10-22(20-13(16)3)15-7-14(18)8-19-9-15/h1,7-10,12,23H,6,11H2,2-4H3/t12-/m1/s1. The Morgan fingerprint density at radius 3 is 2.92 bits per heavy atom. The van der Waals surface area contributed by atoms with Crippen LogP contribution in [0.4, 0.5) is 10.1 Å². The molecular weight excluding hydrogens is 342 g/mol. The Hall–Kier alpha value is -1.83. The van der Waals surface area contributed by atoms with Crippen molar-refractivity contribution >= 4 is 31.7 Å². The van der Waals surface area contributed by atoms with Crippen LogP contribution in [0.3, 0.4) is 0 Å². The third-order valence-corrected chi connectivity index (χ3v) is 5.14. The van der Waals surface area contributed by atoms with Gasteiger partial charge >= 0.3 is 0 Å². The summed E-state index contributed by atoms with van der Waals surface area (Å²) in [6.45, 7) is 4.46. The number of halogens is 1. The minimum atomic E-state index is -0.399. The summed E-state index contributed by atoms with van der Waals surface area (Å²) in [7, 11) is 3.74. The molecule has 7 heteroatoms. The van der Waals surface area contributed by atoms with Gasteiger partial charge in [0.25, 0.3) is 0 Å². The number of aromatic nitrogens is 3. The molecule has 24 heavy (non-hydrogen) atoms. The SMILES string of the molecule is C#CCN(C(=P)[C@H](C)CSC)c1cn(-c2cncc(F)c2)nc1C. The minimum Gasteiger partial charge on any atom is -0.327 e. The number of anilines is 1. The Morgan fingerprint density at radius 2 is 2.29 bits per heavy atom. The van der Waals surface area contributed by atoms with Crippen molar-refractivity contribution in [2.75, 3.05) is 23.5 Å². The van der Waals surface area contributed by atoms with Gasteiger partial charge in [-0.2, -0.15) is 16.9 Å². The van der Waals surface area contributed by atoms with Crippen molar-refractivity contribution in [3.05, 3.63) is 36.2 Å². The highest BCUT2D eigenvalue weighted by atomic mass is 32.2. The van der Waals surface area contributed by atoms with Crippen molar-refractivity contribution in [2.24, 2.45) is 5.92 Å². The molecule has 0 unspecified atom stereocenters. The number of hydrogen-bond donors (Lipinski definition) is 0. The van der Waals surface area contributed by atoms with Crippen LogP contribution in [0.25, 0.3) is 5.69 Å². The van der Waals surface area contributed by atoms with Crippen molar-refractivity contribution < 1.29 is 4.39 Å². The number of aryl methyl sites for hydroxylation is 1. The zero-order valence-corrected chi connectivity index (χ0v) is 15.8. The number of rotatable bonds is 7. The van der Waals surface area contributed by atoms with Gasteiger partial charge in [-0.25, -0.2) is 9.07 Å². The minimum absolute atomic E-state index is 0.309. The molecule has 2 rings (SSSR count). The molecule has 2 aromatic heterocycles. The fourth-order valence-electron chi connectivity index (χ4n) is 2.36. The van der Waals surface area contributed by atoms with E-state index in [-0.39, 0.29) is 0 Å². The lowest BCUT2D eigenvalue weighted by molar-refractivity contribution is 0.618. The van der Waals surface area contributed by atoms with Crippen molar-refractivity contribution in [2.45, 2.75) is 13.8 Å². The Bertz CT molecular complexity index is 768. The first-order valence-corrected chi connectivity index (χ1v) is 9.32. The maximum atomic E-state index is 13.4. The van der Waals surface area contributed by atoms with E-state index < -0.39 is 5.82 Å². The van der Waals surface area contributed by atoms with E-state index in [2.05, 4.69) is 38.0 Å². The molecule has 0 aliphatic carbocycles. The van der Waals surface area contributed by atoms with Gasteiger partial charge in [0.1, 0.15) is 5.82 Å². The molecule has 0 saturated heterocycles. The smallest absolute Gasteiger partial charge is 0.143 e. The molecule has 0 aliphatic rings. The zero-order chi connectivity index (χ0) is 17.7. The number of terminal acetylenes is 1. The van der Waals surface area contributed by atoms with Crippen LogP contribution in [0.15, 0.2) is 24.7 Å². The first kappa shape index (κ1) is 18.5. The molecule has 0 aliphatic heterocycles. The van der Waals surface area contributed by atoms with Gasteiger partial charge in [-0.1, -0.05) is 21.7 Å². The van der Waals surface area contributed by atoms with Gasteiger partial charge in [-0.05, 0) is 13.2 Å². The van der Waals surface area contributed by atoms with Gasteiger partial charge in [0.2, 0.25) is 0 Å². The van der Waals surface area contributed by atoms with Gasteiger partial charge in [-0.3, -0.25) is 4.98 Å². The van der Waals surface area contributed by atoms with Gasteiger partial charge < -0.3 is 4.90 Å². The summed E-state index contributed by atoms with van der Waals surface area (Å²) in [4.78, 5) is 5.89. The van der Waals surface area contributed by atoms with E-state index in [1.807, 2.05) is 18.0 Å². The van der Waals surface area contributed by atoms with E-state index in [9.17, 15) is 4.39 Å². The molecule has 0 aromatic carbocycles. The number of hydrogen-bond acceptors (Lipinski definition) is 3. The molecule has 2 aromatic rings. The summed E-state index contributed by atoms with van der Waals surface area (Å²) in [5, 5.41) is 4.47. The summed E-state index contributed by atoms with van der Waals surface area (Å²) in [5.41, 5.74) is 3.26. The summed E-state index contributed by atoms with van der Waals surface area (Å²) in [5.74, 6) is 3.57. The van der Waals surface area contributed by atoms with Crippen molar-refractivity contribution in [1.29, 1.82) is 0 Å². The second-order valence-electron chi connectivity index (χ2n) is 5.44. The second-order valence-corrected chi connectivity index (χ2v) is 6.86. The molecule has 0 radical (unpaired) electrons. The van der Waals surface area contributed by atoms with Gasteiger partial charge in [0, 0.05) is 23.2 Å². The quantitative estimate of drug-likeness (QED) is 0.558. The monoisotopic (exact) mass is 362 g/mol. The molecule has 2 heterocycles. The van der Waals surface area contributed by atoms with Gasteiger partial charge in [-0.15, -0.1) is 6.42 Å². The van der Waals surface area contributed by atoms with Crippen molar-refractivity contribution in [3.63, 3.8) is 0 Å². The van der Waals surface area contributed by atoms with Crippen LogP contribution < -0.4 is 4.90 Å². The van der Waals surface area contributed by atoms with Crippen LogP contribution in [0.2, 0.25) is 0 Å². The lowest BCUT2D eigenvalue weighted by Gasteiger charge is -2.27. The van der Waals surface area contributed by atoms with E-state index in [4.69, 9.17) is 6.42 Å². The van der Waals surface area contributed by atoms with E-state index in [0.29, 0.717) is 18.2 Å². The van der Waals surface area contributed by atoms with Crippen molar-refractivity contribution in [3.8, 4) is 18.0 Å². The highest BCUT2D eigenvalue weighted by molar-refractivity contribution is 7.98. The van der Waals surface area contributed by atoms with Crippen LogP contribution in [0.5, 0.6) is 0 Å². The molecule has 4 nitrogen and oxygen atoms in total. The van der Waals surface area contributed by atoms with Gasteiger partial charge in [0.15, 0.2) is 0 Å². The zero-order valence-electron chi connectivity index (χ0n) is 14.0. The molecule has 0 fully saturated rings. The van der Waals surface area contributed by atoms with E-state index in [1.165, 1.54) is 12.3 Å². The lowest BCUT2D eigenvalue weighted by atomic mass is 10.2. The molecule has 126 valence electrons. The molecule has 0 N–H and O–H groups in total. The normalized spacial score (nSPS) is 11.8. The maximum Gasteiger partial charge on any atom is 0.143 e. The Labute approximate surface area is 148 Å². The Kier molecular flexibility index (Phi) is 6.42. The third-order valence-electron chi connectivity index (χ3n) is 3.54. The third kappa shape index (κ3) is 4.17. The summed E-state index contributed by atoms with van der Waals surface area (Å²) >= 11 is 1.78. The van der Waals surface area contributed by atoms with Crippen LogP contribution in [0, 0.1) is 31.0 Å². The van der Waals surface area contributed by atoms with E-state index in [1.54, 1.807) is 22.6 Å². The average molecular weight is 362 g/mol. The van der Waals surface area contributed by atoms with Crippen LogP contribution in [0.1, 0.15) is 12.6 Å². The summed E-state index contributed by atoms with van der Waals surface area (Å²) in [6, 6.07) is 1.39. The Morgan fingerprint density at radius 1 is 1.54 bits per heavy atom. The predicted molar refractivity (Wildman–Crippen MR) is 103 cm³/mol. The molecule has 0 amide bonds. The fraction of sp³-hybridized carbons (Fsp3) is 0.353. The molecule has 0 spiro atoms. The number of nitrogens with zero attached hydrogens (tertiary/aromatic N) is 4. The second kappa shape index (κ2) is 8.32. The summed E-state index contributed by atoms with van der Waals surface area (Å²) in [6.07, 6.45) is 12.2. The highest BCUT2D eigenvalue weighted by Crippen LogP contribution is 2.24. The van der Waals surface area contributed by atoms with E-state index in [0.717, 1.165) is 22.6 Å². The highest BCUT2D eigenvalue weighted by Gasteiger charge is 2.20. The predicted octanol–water partition coefficient (Wildman–Crippen LogP) is 3.43. The summed E-state index contributed by atoms with van der Waals surface area (Å²) < 4.78 is 15.0. The van der Waals surface area contributed by atoms with Crippen LogP contribution in [-0.2, 0) is 0 Å². The first-order chi connectivity index (χ1) is 11.5. The van der Waals surface area contributed by atoms with Crippen LogP contribution in [-0.4, -0.2) is 38.7 Å². The molecule has 0 bridgehead atoms. The lowest BCUT2D eigenvalue weighted by Crippen LogP contribution is -2.35. The molecule has 0 saturated carbocycles. The number of thioether (sulfide) groups is 1. The molecule has 1 atom stereocenters. The topological polar surface area (TPSA) is 34.0 Å². The average Bonchev–Trinajstić information content (AvgIpc) is 2.94. The van der Waals surface area contributed by atoms with E-state index >= 15 is 0 Å². The van der Waals surface area contributed by atoms with Gasteiger partial charge in [0.05, 0.1) is 42.2 Å². The van der Waals surface area contributed by atoms with Crippen LogP contribution >= 0.6 is 20.6 Å². The maximum absolute atomic E-state index is 13.4. The largest absolute Gasteiger partial charge is 0.327 e. The number of pyridine rings is 1. The first-order valence-electron chi connectivity index (χ1n) is 7.43. The molecular formula is C17H20FN4PS. The van der Waals surface area contributed by atoms with Crippen molar-refractivity contribution in [1.82, 2.24) is 14.8 Å². The Balaban J connectivity index is 2.38.